The number of nitrogens with one attached hydrogen (secondary N) is 4. The van der Waals surface area contributed by atoms with Crippen molar-refractivity contribution in [2.24, 2.45) is 0 Å². The first-order valence-corrected chi connectivity index (χ1v) is 14.3. The SMILES string of the molecule is Nc1c(NCC[C@H](NC(=O)c2ccc(Nc3nc(NC4(c5ccc(Cl)cc5)CC4)nc(OCC(F)(F)F)n3)cc2)C(=O)O)c(=O)c1=O. The van der Waals surface area contributed by atoms with Gasteiger partial charge in [-0.3, -0.25) is 14.4 Å². The number of aromatic nitrogens is 3. The Morgan fingerprint density at radius 1 is 1.00 bits per heavy atom. The number of hydrogen-bond donors (Lipinski definition) is 6. The van der Waals surface area contributed by atoms with E-state index in [1.165, 1.54) is 24.3 Å². The maximum atomic E-state index is 12.9. The zero-order valence-electron chi connectivity index (χ0n) is 24.2. The number of nitrogen functional groups attached to an aromatic ring is 1. The molecule has 0 unspecified atom stereocenters. The van der Waals surface area contributed by atoms with Crippen molar-refractivity contribution in [3.63, 3.8) is 0 Å². The Balaban J connectivity index is 1.25. The molecular formula is C29H26ClF3N8O6. The fourth-order valence-corrected chi connectivity index (χ4v) is 4.66. The van der Waals surface area contributed by atoms with Crippen LogP contribution in [0.15, 0.2) is 58.1 Å². The van der Waals surface area contributed by atoms with Crippen LogP contribution < -0.4 is 42.6 Å². The molecular weight excluding hydrogens is 649 g/mol. The van der Waals surface area contributed by atoms with Gasteiger partial charge in [-0.1, -0.05) is 23.7 Å². The third kappa shape index (κ3) is 8.04. The minimum Gasteiger partial charge on any atom is -0.480 e. The monoisotopic (exact) mass is 674 g/mol. The lowest BCUT2D eigenvalue weighted by Gasteiger charge is -2.19. The first kappa shape index (κ1) is 32.9. The second kappa shape index (κ2) is 13.1. The summed E-state index contributed by atoms with van der Waals surface area (Å²) in [5.74, 6) is -2.23. The van der Waals surface area contributed by atoms with Crippen LogP contribution in [0.4, 0.5) is 42.1 Å². The molecule has 0 aliphatic heterocycles. The summed E-state index contributed by atoms with van der Waals surface area (Å²) in [4.78, 5) is 59.4. The smallest absolute Gasteiger partial charge is 0.422 e. The molecule has 4 aromatic rings. The van der Waals surface area contributed by atoms with Gasteiger partial charge >= 0.3 is 18.2 Å². The molecule has 1 atom stereocenters. The summed E-state index contributed by atoms with van der Waals surface area (Å²) >= 11 is 6.00. The molecule has 1 amide bonds. The van der Waals surface area contributed by atoms with E-state index in [-0.39, 0.29) is 41.8 Å². The number of aliphatic carboxylic acids is 1. The average molecular weight is 675 g/mol. The number of benzene rings is 2. The van der Waals surface area contributed by atoms with E-state index in [1.54, 1.807) is 12.1 Å². The number of carboxylic acid groups (broad SMARTS) is 1. The number of ether oxygens (including phenoxy) is 1. The normalized spacial score (nSPS) is 14.2. The fraction of sp³-hybridized carbons (Fsp3) is 0.276. The Morgan fingerprint density at radius 2 is 1.66 bits per heavy atom. The number of anilines is 5. The molecule has 0 saturated heterocycles. The minimum atomic E-state index is -4.64. The van der Waals surface area contributed by atoms with Gasteiger partial charge in [0.15, 0.2) is 6.61 Å². The summed E-state index contributed by atoms with van der Waals surface area (Å²) in [6.07, 6.45) is -3.36. The summed E-state index contributed by atoms with van der Waals surface area (Å²) in [5, 5.41) is 21.0. The average Bonchev–Trinajstić information content (AvgIpc) is 3.81. The van der Waals surface area contributed by atoms with Gasteiger partial charge in [0, 0.05) is 22.8 Å². The predicted octanol–water partition coefficient (Wildman–Crippen LogP) is 3.17. The highest BCUT2D eigenvalue weighted by Gasteiger charge is 2.45. The Bertz CT molecular complexity index is 1860. The van der Waals surface area contributed by atoms with Crippen molar-refractivity contribution in [3.05, 3.63) is 85.1 Å². The van der Waals surface area contributed by atoms with E-state index < -0.39 is 53.1 Å². The van der Waals surface area contributed by atoms with E-state index >= 15 is 0 Å². The Hall–Kier alpha value is -5.45. The fourth-order valence-electron chi connectivity index (χ4n) is 4.53. The minimum absolute atomic E-state index is 0.0374. The van der Waals surface area contributed by atoms with E-state index in [4.69, 9.17) is 22.1 Å². The van der Waals surface area contributed by atoms with Crippen LogP contribution in [0.2, 0.25) is 5.02 Å². The second-order valence-electron chi connectivity index (χ2n) is 10.6. The van der Waals surface area contributed by atoms with Crippen LogP contribution in [0, 0.1) is 0 Å². The lowest BCUT2D eigenvalue weighted by Crippen LogP contribution is -2.43. The molecule has 1 aliphatic rings. The molecule has 0 radical (unpaired) electrons. The quantitative estimate of drug-likeness (QED) is 0.106. The van der Waals surface area contributed by atoms with Crippen LogP contribution in [0.25, 0.3) is 0 Å². The standard InChI is InChI=1S/C29H26ClF3N8O6/c30-16-5-3-15(4-6-16)28(10-11-28)41-26-38-25(39-27(40-26)47-13-29(31,32)33)36-17-7-1-14(2-8-17)23(44)37-18(24(45)46)9-12-35-20-19(34)21(42)22(20)43/h1-8,18,35H,9-13,34H2,(H,37,44)(H,45,46)(H2,36,38,39,40,41)/t18-/m0/s1. The van der Waals surface area contributed by atoms with Gasteiger partial charge in [-0.15, -0.1) is 0 Å². The molecule has 47 heavy (non-hydrogen) atoms. The molecule has 18 heteroatoms. The van der Waals surface area contributed by atoms with Crippen molar-refractivity contribution in [1.29, 1.82) is 0 Å². The van der Waals surface area contributed by atoms with Crippen molar-refractivity contribution >= 4 is 52.4 Å². The number of carbonyl (C=O) groups excluding carboxylic acids is 1. The van der Waals surface area contributed by atoms with Gasteiger partial charge in [0.1, 0.15) is 17.4 Å². The number of amides is 1. The second-order valence-corrected chi connectivity index (χ2v) is 11.0. The van der Waals surface area contributed by atoms with E-state index in [0.29, 0.717) is 23.6 Å². The Kier molecular flexibility index (Phi) is 9.19. The van der Waals surface area contributed by atoms with Crippen LogP contribution in [0.1, 0.15) is 35.2 Å². The number of halogens is 4. The van der Waals surface area contributed by atoms with Crippen LogP contribution >= 0.6 is 11.6 Å². The van der Waals surface area contributed by atoms with E-state index in [1.807, 2.05) is 12.1 Å². The first-order valence-electron chi connectivity index (χ1n) is 14.0. The number of carboxylic acids is 1. The van der Waals surface area contributed by atoms with Crippen molar-refractivity contribution in [3.8, 4) is 6.01 Å². The summed E-state index contributed by atoms with van der Waals surface area (Å²) in [6, 6.07) is 10.8. The molecule has 1 aliphatic carbocycles. The molecule has 0 bridgehead atoms. The lowest BCUT2D eigenvalue weighted by molar-refractivity contribution is -0.154. The summed E-state index contributed by atoms with van der Waals surface area (Å²) in [7, 11) is 0. The Morgan fingerprint density at radius 3 is 2.26 bits per heavy atom. The molecule has 5 rings (SSSR count). The highest BCUT2D eigenvalue weighted by Crippen LogP contribution is 2.48. The molecule has 1 heterocycles. The van der Waals surface area contributed by atoms with Crippen LogP contribution in [0.3, 0.4) is 0 Å². The number of nitrogens with two attached hydrogens (primary N) is 1. The van der Waals surface area contributed by atoms with Crippen molar-refractivity contribution in [2.75, 3.05) is 34.8 Å². The molecule has 246 valence electrons. The van der Waals surface area contributed by atoms with Crippen LogP contribution in [0.5, 0.6) is 6.01 Å². The highest BCUT2D eigenvalue weighted by molar-refractivity contribution is 6.30. The summed E-state index contributed by atoms with van der Waals surface area (Å²) in [6.45, 7) is -1.69. The number of alkyl halides is 3. The third-order valence-corrected chi connectivity index (χ3v) is 7.42. The molecule has 3 aromatic carbocycles. The van der Waals surface area contributed by atoms with Gasteiger partial charge < -0.3 is 36.8 Å². The van der Waals surface area contributed by atoms with Crippen molar-refractivity contribution in [2.45, 2.75) is 37.0 Å². The number of rotatable bonds is 14. The molecule has 1 fully saturated rings. The van der Waals surface area contributed by atoms with Crippen molar-refractivity contribution in [1.82, 2.24) is 20.3 Å². The topological polar surface area (TPSA) is 211 Å². The summed E-state index contributed by atoms with van der Waals surface area (Å²) in [5.41, 5.74) is 4.24. The highest BCUT2D eigenvalue weighted by atomic mass is 35.5. The van der Waals surface area contributed by atoms with E-state index in [9.17, 15) is 37.5 Å². The van der Waals surface area contributed by atoms with Gasteiger partial charge in [-0.2, -0.15) is 28.1 Å². The van der Waals surface area contributed by atoms with Gasteiger partial charge in [-0.25, -0.2) is 4.79 Å². The van der Waals surface area contributed by atoms with Crippen molar-refractivity contribution < 1.29 is 32.6 Å². The molecule has 1 aromatic heterocycles. The maximum absolute atomic E-state index is 12.9. The van der Waals surface area contributed by atoms with Gasteiger partial charge in [0.05, 0.1) is 5.54 Å². The number of hydrogen-bond acceptors (Lipinski definition) is 12. The zero-order valence-corrected chi connectivity index (χ0v) is 24.9. The van der Waals surface area contributed by atoms with Crippen LogP contribution in [-0.2, 0) is 10.3 Å². The third-order valence-electron chi connectivity index (χ3n) is 7.17. The summed E-state index contributed by atoms with van der Waals surface area (Å²) < 4.78 is 43.4. The van der Waals surface area contributed by atoms with E-state index in [0.717, 1.165) is 5.56 Å². The lowest BCUT2D eigenvalue weighted by atomic mass is 10.1. The van der Waals surface area contributed by atoms with Gasteiger partial charge in [0.2, 0.25) is 11.9 Å². The predicted molar refractivity (Wildman–Crippen MR) is 165 cm³/mol. The Labute approximate surface area is 268 Å². The number of carbonyl (C=O) groups is 2. The molecule has 0 spiro atoms. The molecule has 7 N–H and O–H groups in total. The van der Waals surface area contributed by atoms with Gasteiger partial charge in [-0.05, 0) is 61.2 Å². The maximum Gasteiger partial charge on any atom is 0.422 e. The van der Waals surface area contributed by atoms with E-state index in [2.05, 4.69) is 36.2 Å². The van der Waals surface area contributed by atoms with Gasteiger partial charge in [0.25, 0.3) is 16.8 Å². The molecule has 14 nitrogen and oxygen atoms in total. The zero-order chi connectivity index (χ0) is 33.9. The molecule has 1 saturated carbocycles. The van der Waals surface area contributed by atoms with Crippen LogP contribution in [-0.4, -0.2) is 57.3 Å². The first-order chi connectivity index (χ1) is 22.2. The largest absolute Gasteiger partial charge is 0.480 e. The number of nitrogens with zero attached hydrogens (tertiary/aromatic N) is 3.